The molecule has 0 amide bonds. The van der Waals surface area contributed by atoms with Crippen LogP contribution in [0.1, 0.15) is 6.92 Å². The fourth-order valence-electron chi connectivity index (χ4n) is 0.208. The van der Waals surface area contributed by atoms with Crippen LogP contribution in [0.3, 0.4) is 0 Å². The molecule has 0 saturated carbocycles. The second-order valence-electron chi connectivity index (χ2n) is 1.12. The van der Waals surface area contributed by atoms with E-state index in [1.54, 1.807) is 0 Å². The van der Waals surface area contributed by atoms with Gasteiger partial charge in [0, 0.05) is 0 Å². The minimum Gasteiger partial charge on any atom is -0.313 e. The van der Waals surface area contributed by atoms with E-state index in [0.717, 1.165) is 0 Å². The molecule has 56 valence electrons. The standard InChI is InChI=1S/C2H7O5PS/c1-2-7-8(3,4)9(5)6/h2H2,1H3,(H,3,4)(H,5,6). The van der Waals surface area contributed by atoms with Crippen LogP contribution in [0.5, 0.6) is 0 Å². The molecule has 0 aromatic carbocycles. The highest BCUT2D eigenvalue weighted by atomic mass is 32.8. The van der Waals surface area contributed by atoms with Crippen LogP contribution in [-0.4, -0.2) is 20.3 Å². The van der Waals surface area contributed by atoms with Crippen LogP contribution in [-0.2, 0) is 19.8 Å². The second kappa shape index (κ2) is 3.43. The van der Waals surface area contributed by atoms with E-state index in [1.165, 1.54) is 6.92 Å². The molecule has 0 aliphatic carbocycles. The topological polar surface area (TPSA) is 83.8 Å². The quantitative estimate of drug-likeness (QED) is 0.476. The van der Waals surface area contributed by atoms with Gasteiger partial charge in [0.2, 0.25) is 0 Å². The molecular formula is C2H7O5PS. The molecule has 0 fully saturated rings. The summed E-state index contributed by atoms with van der Waals surface area (Å²) in [6.45, 7) is -2.84. The highest BCUT2D eigenvalue weighted by Crippen LogP contribution is 2.44. The van der Waals surface area contributed by atoms with Crippen LogP contribution in [0.25, 0.3) is 0 Å². The van der Waals surface area contributed by atoms with Crippen LogP contribution >= 0.6 is 6.80 Å². The Morgan fingerprint density at radius 3 is 2.33 bits per heavy atom. The zero-order valence-corrected chi connectivity index (χ0v) is 6.39. The smallest absolute Gasteiger partial charge is 0.313 e. The third-order valence-electron chi connectivity index (χ3n) is 0.490. The zero-order valence-electron chi connectivity index (χ0n) is 4.68. The molecule has 2 atom stereocenters. The molecule has 0 saturated heterocycles. The van der Waals surface area contributed by atoms with Gasteiger partial charge in [0.15, 0.2) is 0 Å². The molecule has 0 radical (unpaired) electrons. The molecular weight excluding hydrogens is 167 g/mol. The minimum atomic E-state index is -4.24. The van der Waals surface area contributed by atoms with Crippen LogP contribution in [0.15, 0.2) is 0 Å². The van der Waals surface area contributed by atoms with Crippen molar-refractivity contribution in [1.29, 1.82) is 0 Å². The summed E-state index contributed by atoms with van der Waals surface area (Å²) in [7, 11) is -2.79. The summed E-state index contributed by atoms with van der Waals surface area (Å²) in [6.07, 6.45) is 0. The Morgan fingerprint density at radius 1 is 1.78 bits per heavy atom. The van der Waals surface area contributed by atoms with E-state index >= 15 is 0 Å². The first-order chi connectivity index (χ1) is 4.00. The van der Waals surface area contributed by atoms with Crippen molar-refractivity contribution in [3.8, 4) is 0 Å². The maximum Gasteiger partial charge on any atom is 0.442 e. The molecule has 0 aliphatic heterocycles. The highest BCUT2D eigenvalue weighted by molar-refractivity contribution is 8.42. The molecule has 0 rings (SSSR count). The first-order valence-corrected chi connectivity index (χ1v) is 5.38. The van der Waals surface area contributed by atoms with Gasteiger partial charge >= 0.3 is 6.80 Å². The SMILES string of the molecule is CCOP(=O)(O)S(=O)O. The van der Waals surface area contributed by atoms with Crippen LogP contribution in [0.4, 0.5) is 0 Å². The van der Waals surface area contributed by atoms with E-state index in [2.05, 4.69) is 4.52 Å². The van der Waals surface area contributed by atoms with Gasteiger partial charge in [0.25, 0.3) is 10.7 Å². The summed E-state index contributed by atoms with van der Waals surface area (Å²) in [6, 6.07) is 0. The maximum atomic E-state index is 10.3. The lowest BCUT2D eigenvalue weighted by Gasteiger charge is -2.03. The summed E-state index contributed by atoms with van der Waals surface area (Å²) >= 11 is 0. The maximum absolute atomic E-state index is 10.3. The van der Waals surface area contributed by atoms with Crippen molar-refractivity contribution in [2.45, 2.75) is 6.92 Å². The normalized spacial score (nSPS) is 20.8. The van der Waals surface area contributed by atoms with Crippen molar-refractivity contribution < 1.29 is 22.7 Å². The first kappa shape index (κ1) is 9.26. The van der Waals surface area contributed by atoms with Crippen LogP contribution in [0, 0.1) is 0 Å². The second-order valence-corrected chi connectivity index (χ2v) is 5.10. The molecule has 0 spiro atoms. The van der Waals surface area contributed by atoms with Crippen LogP contribution < -0.4 is 0 Å². The van der Waals surface area contributed by atoms with Gasteiger partial charge in [-0.1, -0.05) is 0 Å². The Kier molecular flexibility index (Phi) is 3.53. The van der Waals surface area contributed by atoms with E-state index in [9.17, 15) is 8.77 Å². The van der Waals surface area contributed by atoms with Gasteiger partial charge in [-0.05, 0) is 6.92 Å². The van der Waals surface area contributed by atoms with E-state index in [1.807, 2.05) is 0 Å². The average molecular weight is 174 g/mol. The predicted octanol–water partition coefficient (Wildman–Crippen LogP) is 0.345. The fourth-order valence-corrected chi connectivity index (χ4v) is 1.21. The lowest BCUT2D eigenvalue weighted by Crippen LogP contribution is -1.94. The largest absolute Gasteiger partial charge is 0.442 e. The summed E-state index contributed by atoms with van der Waals surface area (Å²) in [5.74, 6) is 0. The zero-order chi connectivity index (χ0) is 7.49. The molecule has 0 aromatic heterocycles. The molecule has 0 aromatic rings. The Morgan fingerprint density at radius 2 is 2.22 bits per heavy atom. The van der Waals surface area contributed by atoms with Gasteiger partial charge in [-0.15, -0.1) is 0 Å². The van der Waals surface area contributed by atoms with Crippen molar-refractivity contribution in [3.63, 3.8) is 0 Å². The number of rotatable bonds is 3. The molecule has 0 aliphatic rings. The molecule has 5 nitrogen and oxygen atoms in total. The molecule has 0 heterocycles. The summed E-state index contributed by atoms with van der Waals surface area (Å²) < 4.78 is 32.3. The Balaban J connectivity index is 4.04. The van der Waals surface area contributed by atoms with Crippen molar-refractivity contribution >= 4 is 17.5 Å². The van der Waals surface area contributed by atoms with E-state index < -0.39 is 17.5 Å². The molecule has 0 bridgehead atoms. The van der Waals surface area contributed by atoms with Crippen molar-refractivity contribution in [3.05, 3.63) is 0 Å². The average Bonchev–Trinajstić information content (AvgIpc) is 1.65. The fraction of sp³-hybridized carbons (Fsp3) is 1.00. The lowest BCUT2D eigenvalue weighted by atomic mass is 10.9. The Labute approximate surface area is 54.6 Å². The van der Waals surface area contributed by atoms with Gasteiger partial charge in [0.1, 0.15) is 0 Å². The van der Waals surface area contributed by atoms with Crippen LogP contribution in [0.2, 0.25) is 0 Å². The Hall–Kier alpha value is 0.260. The van der Waals surface area contributed by atoms with Gasteiger partial charge in [0.05, 0.1) is 6.61 Å². The van der Waals surface area contributed by atoms with Gasteiger partial charge in [-0.3, -0.25) is 9.08 Å². The Bertz CT molecular complexity index is 155. The number of hydrogen-bond acceptors (Lipinski definition) is 3. The van der Waals surface area contributed by atoms with Crippen molar-refractivity contribution in [1.82, 2.24) is 0 Å². The van der Waals surface area contributed by atoms with Crippen molar-refractivity contribution in [2.75, 3.05) is 6.61 Å². The van der Waals surface area contributed by atoms with E-state index in [-0.39, 0.29) is 6.61 Å². The highest BCUT2D eigenvalue weighted by Gasteiger charge is 2.26. The third kappa shape index (κ3) is 3.07. The van der Waals surface area contributed by atoms with E-state index in [4.69, 9.17) is 9.45 Å². The molecule has 7 heteroatoms. The molecule has 2 unspecified atom stereocenters. The monoisotopic (exact) mass is 174 g/mol. The third-order valence-corrected chi connectivity index (χ3v) is 2.97. The number of hydrogen-bond donors (Lipinski definition) is 2. The van der Waals surface area contributed by atoms with E-state index in [0.29, 0.717) is 0 Å². The van der Waals surface area contributed by atoms with Gasteiger partial charge < -0.3 is 4.89 Å². The van der Waals surface area contributed by atoms with Crippen molar-refractivity contribution in [2.24, 2.45) is 0 Å². The molecule has 9 heavy (non-hydrogen) atoms. The molecule has 2 N–H and O–H groups in total. The summed E-state index contributed by atoms with van der Waals surface area (Å²) in [4.78, 5) is 8.37. The predicted molar refractivity (Wildman–Crippen MR) is 32.2 cm³/mol. The first-order valence-electron chi connectivity index (χ1n) is 2.09. The minimum absolute atomic E-state index is 0.0555. The summed E-state index contributed by atoms with van der Waals surface area (Å²) in [5, 5.41) is 0. The van der Waals surface area contributed by atoms with Gasteiger partial charge in [-0.2, -0.15) is 0 Å². The summed E-state index contributed by atoms with van der Waals surface area (Å²) in [5.41, 5.74) is 0. The lowest BCUT2D eigenvalue weighted by molar-refractivity contribution is 0.287. The van der Waals surface area contributed by atoms with Gasteiger partial charge in [-0.25, -0.2) is 8.77 Å².